The number of amides is 2. The second-order valence-electron chi connectivity index (χ2n) is 14.3. The van der Waals surface area contributed by atoms with Crippen molar-refractivity contribution in [2.45, 2.75) is 90.1 Å². The van der Waals surface area contributed by atoms with E-state index in [0.29, 0.717) is 35.5 Å². The molecule has 5 heterocycles. The van der Waals surface area contributed by atoms with Gasteiger partial charge in [0, 0.05) is 30.9 Å². The Morgan fingerprint density at radius 1 is 0.906 bits per heavy atom. The number of imide groups is 1. The van der Waals surface area contributed by atoms with Gasteiger partial charge in [0.1, 0.15) is 11.5 Å². The third kappa shape index (κ3) is 8.22. The van der Waals surface area contributed by atoms with Crippen LogP contribution in [0.25, 0.3) is 16.8 Å². The molecule has 12 nitrogen and oxygen atoms in total. The quantitative estimate of drug-likeness (QED) is 0.0728. The minimum absolute atomic E-state index is 0.127. The van der Waals surface area contributed by atoms with Gasteiger partial charge in [0.05, 0.1) is 53.1 Å². The summed E-state index contributed by atoms with van der Waals surface area (Å²) in [5.74, 6) is 0.808. The third-order valence-corrected chi connectivity index (χ3v) is 10.7. The van der Waals surface area contributed by atoms with Gasteiger partial charge >= 0.3 is 0 Å². The van der Waals surface area contributed by atoms with E-state index >= 15 is 0 Å². The standard InChI is InChI=1S/C41H50N8O4/c1-3-29(2)48-39(51)35-12-11-13-37(38(35)40(48)52)53-25-10-8-6-4-5-7-9-22-46-23-20-32(21-24-46)47-28-31(26-43-47)44-41-42-27-33-16-19-36(49(33)45-41)30-14-17-34(50)18-15-30/h11-19,26-29,32,50H,3-10,20-25H2,1-2H3,(H,44,45). The fourth-order valence-electron chi connectivity index (χ4n) is 7.43. The molecule has 278 valence electrons. The maximum Gasteiger partial charge on any atom is 0.265 e. The lowest BCUT2D eigenvalue weighted by atomic mass is 10.0. The Balaban J connectivity index is 0.765. The first kappa shape index (κ1) is 36.1. The first-order valence-electron chi connectivity index (χ1n) is 19.2. The van der Waals surface area contributed by atoms with E-state index in [9.17, 15) is 14.7 Å². The van der Waals surface area contributed by atoms with Crippen molar-refractivity contribution in [1.82, 2.24) is 34.2 Å². The number of carbonyl (C=O) groups excluding carboxylic acids is 2. The van der Waals surface area contributed by atoms with Crippen LogP contribution in [0.1, 0.15) is 105 Å². The van der Waals surface area contributed by atoms with Gasteiger partial charge in [-0.3, -0.25) is 19.2 Å². The van der Waals surface area contributed by atoms with Crippen LogP contribution in [-0.4, -0.2) is 83.4 Å². The Labute approximate surface area is 310 Å². The number of aromatic nitrogens is 5. The summed E-state index contributed by atoms with van der Waals surface area (Å²) in [5, 5.41) is 22.4. The number of phenols is 1. The summed E-state index contributed by atoms with van der Waals surface area (Å²) in [6.07, 6.45) is 16.7. The highest BCUT2D eigenvalue weighted by Crippen LogP contribution is 2.33. The van der Waals surface area contributed by atoms with Crippen molar-refractivity contribution in [3.8, 4) is 22.8 Å². The predicted molar refractivity (Wildman–Crippen MR) is 205 cm³/mol. The van der Waals surface area contributed by atoms with E-state index in [-0.39, 0.29) is 23.6 Å². The van der Waals surface area contributed by atoms with Crippen LogP contribution >= 0.6 is 0 Å². The molecule has 5 aromatic rings. The van der Waals surface area contributed by atoms with Gasteiger partial charge in [-0.05, 0) is 94.1 Å². The average Bonchev–Trinajstić information content (AvgIpc) is 3.89. The van der Waals surface area contributed by atoms with Crippen molar-refractivity contribution in [3.05, 3.63) is 84.3 Å². The molecule has 1 atom stereocenters. The molecule has 2 N–H and O–H groups in total. The molecule has 1 unspecified atom stereocenters. The van der Waals surface area contributed by atoms with Crippen LogP contribution in [0.2, 0.25) is 0 Å². The maximum absolute atomic E-state index is 13.0. The molecule has 2 aromatic carbocycles. The molecule has 2 aliphatic heterocycles. The lowest BCUT2D eigenvalue weighted by Crippen LogP contribution is -2.37. The van der Waals surface area contributed by atoms with E-state index in [1.54, 1.807) is 36.5 Å². The van der Waals surface area contributed by atoms with Gasteiger partial charge in [0.25, 0.3) is 11.8 Å². The number of phenolic OH excluding ortho intramolecular Hbond substituents is 1. The summed E-state index contributed by atoms with van der Waals surface area (Å²) in [5.41, 5.74) is 4.52. The number of fused-ring (bicyclic) bond motifs is 2. The number of hydrogen-bond acceptors (Lipinski definition) is 9. The molecule has 12 heteroatoms. The van der Waals surface area contributed by atoms with Crippen LogP contribution in [0.4, 0.5) is 11.6 Å². The van der Waals surface area contributed by atoms with Crippen molar-refractivity contribution in [2.75, 3.05) is 31.6 Å². The summed E-state index contributed by atoms with van der Waals surface area (Å²) >= 11 is 0. The smallest absolute Gasteiger partial charge is 0.265 e. The first-order chi connectivity index (χ1) is 25.9. The van der Waals surface area contributed by atoms with Crippen LogP contribution in [0, 0.1) is 0 Å². The van der Waals surface area contributed by atoms with Gasteiger partial charge in [-0.25, -0.2) is 9.50 Å². The number of ether oxygens (including phenoxy) is 1. The summed E-state index contributed by atoms with van der Waals surface area (Å²) in [7, 11) is 0. The molecule has 0 saturated carbocycles. The number of aromatic hydroxyl groups is 1. The van der Waals surface area contributed by atoms with E-state index < -0.39 is 0 Å². The van der Waals surface area contributed by atoms with Crippen molar-refractivity contribution in [2.24, 2.45) is 0 Å². The lowest BCUT2D eigenvalue weighted by molar-refractivity contribution is 0.0592. The Morgan fingerprint density at radius 3 is 2.43 bits per heavy atom. The lowest BCUT2D eigenvalue weighted by Gasteiger charge is -2.32. The fraction of sp³-hybridized carbons (Fsp3) is 0.439. The number of carbonyl (C=O) groups is 2. The minimum Gasteiger partial charge on any atom is -0.508 e. The van der Waals surface area contributed by atoms with Crippen LogP contribution in [-0.2, 0) is 0 Å². The molecule has 1 saturated heterocycles. The molecule has 2 aliphatic rings. The number of likely N-dealkylation sites (tertiary alicyclic amines) is 1. The van der Waals surface area contributed by atoms with Gasteiger partial charge in [-0.1, -0.05) is 45.1 Å². The van der Waals surface area contributed by atoms with Crippen molar-refractivity contribution >= 4 is 29.0 Å². The molecule has 7 rings (SSSR count). The number of benzene rings is 2. The van der Waals surface area contributed by atoms with Gasteiger partial charge in [-0.15, -0.1) is 5.10 Å². The number of piperidine rings is 1. The predicted octanol–water partition coefficient (Wildman–Crippen LogP) is 7.88. The Hall–Kier alpha value is -5.23. The molecule has 1 fully saturated rings. The topological polar surface area (TPSA) is 130 Å². The van der Waals surface area contributed by atoms with E-state index in [1.165, 1.54) is 37.0 Å². The van der Waals surface area contributed by atoms with Crippen molar-refractivity contribution in [3.63, 3.8) is 0 Å². The molecule has 2 amide bonds. The molecule has 53 heavy (non-hydrogen) atoms. The zero-order valence-corrected chi connectivity index (χ0v) is 30.8. The second kappa shape index (κ2) is 16.6. The van der Waals surface area contributed by atoms with Crippen LogP contribution in [0.3, 0.4) is 0 Å². The molecule has 0 bridgehead atoms. The van der Waals surface area contributed by atoms with E-state index in [1.807, 2.05) is 48.8 Å². The number of unbranched alkanes of at least 4 members (excludes halogenated alkanes) is 6. The monoisotopic (exact) mass is 718 g/mol. The number of hydrogen-bond donors (Lipinski definition) is 2. The highest BCUT2D eigenvalue weighted by Gasteiger charge is 2.40. The highest BCUT2D eigenvalue weighted by atomic mass is 16.5. The molecule has 3 aromatic heterocycles. The van der Waals surface area contributed by atoms with Crippen LogP contribution in [0.5, 0.6) is 11.5 Å². The van der Waals surface area contributed by atoms with E-state index in [0.717, 1.165) is 74.2 Å². The second-order valence-corrected chi connectivity index (χ2v) is 14.3. The van der Waals surface area contributed by atoms with E-state index in [2.05, 4.69) is 31.2 Å². The summed E-state index contributed by atoms with van der Waals surface area (Å²) in [4.78, 5) is 34.2. The molecular weight excluding hydrogens is 669 g/mol. The van der Waals surface area contributed by atoms with Crippen LogP contribution < -0.4 is 10.1 Å². The maximum atomic E-state index is 13.0. The molecule has 0 radical (unpaired) electrons. The average molecular weight is 719 g/mol. The minimum atomic E-state index is -0.235. The molecule has 0 aliphatic carbocycles. The Morgan fingerprint density at radius 2 is 1.66 bits per heavy atom. The van der Waals surface area contributed by atoms with Gasteiger partial charge in [0.15, 0.2) is 0 Å². The SMILES string of the molecule is CCC(C)N1C(=O)c2cccc(OCCCCCCCCCN3CCC(n4cc(Nc5ncc6ccc(-c7ccc(O)cc7)n6n5)cn4)CC3)c2C1=O. The van der Waals surface area contributed by atoms with E-state index in [4.69, 9.17) is 9.84 Å². The Kier molecular flexibility index (Phi) is 11.3. The number of nitrogens with one attached hydrogen (secondary N) is 1. The zero-order valence-electron chi connectivity index (χ0n) is 30.8. The summed E-state index contributed by atoms with van der Waals surface area (Å²) in [6, 6.07) is 16.7. The highest BCUT2D eigenvalue weighted by molar-refractivity contribution is 6.22. The first-order valence-corrected chi connectivity index (χ1v) is 19.2. The largest absolute Gasteiger partial charge is 0.508 e. The summed E-state index contributed by atoms with van der Waals surface area (Å²) < 4.78 is 9.94. The number of rotatable bonds is 17. The van der Waals surface area contributed by atoms with Gasteiger partial charge in [0.2, 0.25) is 5.95 Å². The van der Waals surface area contributed by atoms with Crippen molar-refractivity contribution in [1.29, 1.82) is 0 Å². The molecular formula is C41H50N8O4. The molecule has 0 spiro atoms. The van der Waals surface area contributed by atoms with Gasteiger partial charge < -0.3 is 20.1 Å². The van der Waals surface area contributed by atoms with Crippen LogP contribution in [0.15, 0.2) is 73.2 Å². The van der Waals surface area contributed by atoms with Crippen molar-refractivity contribution < 1.29 is 19.4 Å². The number of nitrogens with zero attached hydrogens (tertiary/aromatic N) is 7. The zero-order chi connectivity index (χ0) is 36.7. The third-order valence-electron chi connectivity index (χ3n) is 10.7. The Bertz CT molecular complexity index is 2010. The normalized spacial score (nSPS) is 15.7. The fourth-order valence-corrected chi connectivity index (χ4v) is 7.43. The van der Waals surface area contributed by atoms with Gasteiger partial charge in [-0.2, -0.15) is 5.10 Å². The number of anilines is 2. The summed E-state index contributed by atoms with van der Waals surface area (Å²) in [6.45, 7) is 7.75.